The summed E-state index contributed by atoms with van der Waals surface area (Å²) in [6, 6.07) is 11.9. The summed E-state index contributed by atoms with van der Waals surface area (Å²) in [5.41, 5.74) is 1.82. The minimum absolute atomic E-state index is 0.0663. The van der Waals surface area contributed by atoms with E-state index in [1.807, 2.05) is 24.8 Å². The van der Waals surface area contributed by atoms with E-state index in [1.165, 1.54) is 6.07 Å². The first-order valence-electron chi connectivity index (χ1n) is 9.07. The average molecular weight is 372 g/mol. The number of hydrogen-bond donors (Lipinski definition) is 1. The number of anilines is 1. The zero-order valence-corrected chi connectivity index (χ0v) is 15.9. The molecule has 0 bridgehead atoms. The lowest BCUT2D eigenvalue weighted by Crippen LogP contribution is -2.45. The molecule has 1 saturated heterocycles. The van der Waals surface area contributed by atoms with Crippen LogP contribution in [0.4, 0.5) is 10.1 Å². The van der Waals surface area contributed by atoms with Crippen LogP contribution < -0.4 is 15.0 Å². The van der Waals surface area contributed by atoms with Crippen molar-refractivity contribution in [3.8, 4) is 5.75 Å². The standard InChI is InChI=1S/C21H25FN2O3/c1-14-12-24(13-15(2)27-14)20-9-4-16(10-19(20)22)11-23-21(25)17-5-7-18(26-3)8-6-17/h4-10,14-15H,11-13H2,1-3H3,(H,23,25). The van der Waals surface area contributed by atoms with Crippen LogP contribution in [-0.2, 0) is 11.3 Å². The Balaban J connectivity index is 1.62. The number of ether oxygens (including phenoxy) is 2. The van der Waals surface area contributed by atoms with E-state index in [2.05, 4.69) is 5.32 Å². The maximum Gasteiger partial charge on any atom is 0.251 e. The van der Waals surface area contributed by atoms with Crippen LogP contribution >= 0.6 is 0 Å². The maximum atomic E-state index is 14.6. The van der Waals surface area contributed by atoms with Crippen LogP contribution in [0.1, 0.15) is 29.8 Å². The number of nitrogens with zero attached hydrogens (tertiary/aromatic N) is 1. The van der Waals surface area contributed by atoms with Gasteiger partial charge in [0.2, 0.25) is 0 Å². The van der Waals surface area contributed by atoms with Gasteiger partial charge in [0.15, 0.2) is 0 Å². The first kappa shape index (κ1) is 19.2. The van der Waals surface area contributed by atoms with Gasteiger partial charge < -0.3 is 19.7 Å². The van der Waals surface area contributed by atoms with Crippen molar-refractivity contribution >= 4 is 11.6 Å². The molecule has 27 heavy (non-hydrogen) atoms. The van der Waals surface area contributed by atoms with Crippen LogP contribution in [0.3, 0.4) is 0 Å². The van der Waals surface area contributed by atoms with Gasteiger partial charge in [0.25, 0.3) is 5.91 Å². The van der Waals surface area contributed by atoms with Gasteiger partial charge in [-0.1, -0.05) is 6.07 Å². The average Bonchev–Trinajstić information content (AvgIpc) is 2.65. The second kappa shape index (κ2) is 8.39. The zero-order chi connectivity index (χ0) is 19.4. The number of rotatable bonds is 5. The molecular weight excluding hydrogens is 347 g/mol. The molecule has 0 aromatic heterocycles. The van der Waals surface area contributed by atoms with Crippen LogP contribution in [0.5, 0.6) is 5.75 Å². The molecule has 0 spiro atoms. The summed E-state index contributed by atoms with van der Waals surface area (Å²) in [6.45, 7) is 5.56. The molecule has 0 saturated carbocycles. The van der Waals surface area contributed by atoms with Gasteiger partial charge in [0.1, 0.15) is 11.6 Å². The Hall–Kier alpha value is -2.60. The summed E-state index contributed by atoms with van der Waals surface area (Å²) in [5.74, 6) is 0.196. The van der Waals surface area contributed by atoms with Crippen LogP contribution in [0, 0.1) is 5.82 Å². The molecule has 1 fully saturated rings. The van der Waals surface area contributed by atoms with Gasteiger partial charge in [-0.05, 0) is 55.8 Å². The number of methoxy groups -OCH3 is 1. The minimum Gasteiger partial charge on any atom is -0.497 e. The largest absolute Gasteiger partial charge is 0.497 e. The Morgan fingerprint density at radius 1 is 1.19 bits per heavy atom. The van der Waals surface area contributed by atoms with Gasteiger partial charge >= 0.3 is 0 Å². The minimum atomic E-state index is -0.285. The molecule has 0 aliphatic carbocycles. The van der Waals surface area contributed by atoms with Crippen molar-refractivity contribution in [2.45, 2.75) is 32.6 Å². The molecule has 2 aromatic rings. The lowest BCUT2D eigenvalue weighted by Gasteiger charge is -2.37. The molecule has 2 atom stereocenters. The van der Waals surface area contributed by atoms with Gasteiger partial charge in [0.05, 0.1) is 25.0 Å². The van der Waals surface area contributed by atoms with Crippen molar-refractivity contribution in [2.75, 3.05) is 25.1 Å². The van der Waals surface area contributed by atoms with Gasteiger partial charge in [-0.3, -0.25) is 4.79 Å². The number of hydrogen-bond acceptors (Lipinski definition) is 4. The number of nitrogens with one attached hydrogen (secondary N) is 1. The maximum absolute atomic E-state index is 14.6. The zero-order valence-electron chi connectivity index (χ0n) is 15.9. The van der Waals surface area contributed by atoms with Crippen molar-refractivity contribution in [3.05, 3.63) is 59.4 Å². The third kappa shape index (κ3) is 4.77. The normalized spacial score (nSPS) is 19.6. The number of morpholine rings is 1. The highest BCUT2D eigenvalue weighted by Gasteiger charge is 2.24. The van der Waals surface area contributed by atoms with E-state index in [4.69, 9.17) is 9.47 Å². The highest BCUT2D eigenvalue weighted by atomic mass is 19.1. The van der Waals surface area contributed by atoms with Gasteiger partial charge in [0, 0.05) is 25.2 Å². The predicted molar refractivity (Wildman–Crippen MR) is 103 cm³/mol. The molecule has 2 aromatic carbocycles. The van der Waals surface area contributed by atoms with Crippen molar-refractivity contribution in [1.29, 1.82) is 0 Å². The van der Waals surface area contributed by atoms with Gasteiger partial charge in [-0.25, -0.2) is 4.39 Å². The smallest absolute Gasteiger partial charge is 0.251 e. The number of amides is 1. The number of carbonyl (C=O) groups is 1. The summed E-state index contributed by atoms with van der Waals surface area (Å²) in [6.07, 6.45) is 0.133. The number of halogens is 1. The molecule has 0 radical (unpaired) electrons. The van der Waals surface area contributed by atoms with Crippen LogP contribution in [0.25, 0.3) is 0 Å². The SMILES string of the molecule is COc1ccc(C(=O)NCc2ccc(N3CC(C)OC(C)C3)c(F)c2)cc1. The van der Waals surface area contributed by atoms with Crippen molar-refractivity contribution in [3.63, 3.8) is 0 Å². The summed E-state index contributed by atoms with van der Waals surface area (Å²) in [4.78, 5) is 14.2. The molecule has 6 heteroatoms. The van der Waals surface area contributed by atoms with E-state index in [9.17, 15) is 9.18 Å². The van der Waals surface area contributed by atoms with Crippen LogP contribution in [0.15, 0.2) is 42.5 Å². The lowest BCUT2D eigenvalue weighted by atomic mass is 10.1. The second-order valence-electron chi connectivity index (χ2n) is 6.86. The Bertz CT molecular complexity index is 785. The molecular formula is C21H25FN2O3. The summed E-state index contributed by atoms with van der Waals surface area (Å²) in [5, 5.41) is 2.81. The molecule has 1 N–H and O–H groups in total. The molecule has 144 valence electrons. The summed E-state index contributed by atoms with van der Waals surface area (Å²) < 4.78 is 25.4. The van der Waals surface area contributed by atoms with Gasteiger partial charge in [-0.2, -0.15) is 0 Å². The van der Waals surface area contributed by atoms with Crippen LogP contribution in [-0.4, -0.2) is 38.3 Å². The summed E-state index contributed by atoms with van der Waals surface area (Å²) >= 11 is 0. The first-order chi connectivity index (χ1) is 13.0. The molecule has 1 aliphatic heterocycles. The fourth-order valence-corrected chi connectivity index (χ4v) is 3.32. The lowest BCUT2D eigenvalue weighted by molar-refractivity contribution is -0.00539. The summed E-state index contributed by atoms with van der Waals surface area (Å²) in [7, 11) is 1.57. The van der Waals surface area contributed by atoms with Crippen molar-refractivity contribution in [1.82, 2.24) is 5.32 Å². The van der Waals surface area contributed by atoms with Crippen molar-refractivity contribution < 1.29 is 18.7 Å². The van der Waals surface area contributed by atoms with Crippen molar-refractivity contribution in [2.24, 2.45) is 0 Å². The Kier molecular flexibility index (Phi) is 5.96. The fraction of sp³-hybridized carbons (Fsp3) is 0.381. The Labute approximate surface area is 159 Å². The monoisotopic (exact) mass is 372 g/mol. The molecule has 1 heterocycles. The molecule has 1 aliphatic rings. The van der Waals surface area contributed by atoms with E-state index < -0.39 is 0 Å². The topological polar surface area (TPSA) is 50.8 Å². The molecule has 5 nitrogen and oxygen atoms in total. The molecule has 3 rings (SSSR count). The van der Waals surface area contributed by atoms with E-state index in [-0.39, 0.29) is 30.5 Å². The quantitative estimate of drug-likeness (QED) is 0.874. The van der Waals surface area contributed by atoms with E-state index >= 15 is 0 Å². The van der Waals surface area contributed by atoms with E-state index in [0.717, 1.165) is 0 Å². The van der Waals surface area contributed by atoms with Crippen LogP contribution in [0.2, 0.25) is 0 Å². The Morgan fingerprint density at radius 3 is 2.44 bits per heavy atom. The fourth-order valence-electron chi connectivity index (χ4n) is 3.32. The third-order valence-electron chi connectivity index (χ3n) is 4.58. The van der Waals surface area contributed by atoms with Gasteiger partial charge in [-0.15, -0.1) is 0 Å². The number of benzene rings is 2. The highest BCUT2D eigenvalue weighted by Crippen LogP contribution is 2.24. The second-order valence-corrected chi connectivity index (χ2v) is 6.86. The number of carbonyl (C=O) groups excluding carboxylic acids is 1. The van der Waals surface area contributed by atoms with E-state index in [1.54, 1.807) is 37.4 Å². The molecule has 1 amide bonds. The highest BCUT2D eigenvalue weighted by molar-refractivity contribution is 5.94. The predicted octanol–water partition coefficient (Wildman–Crippen LogP) is 3.38. The first-order valence-corrected chi connectivity index (χ1v) is 9.07. The Morgan fingerprint density at radius 2 is 1.85 bits per heavy atom. The van der Waals surface area contributed by atoms with E-state index in [0.29, 0.717) is 35.7 Å². The third-order valence-corrected chi connectivity index (χ3v) is 4.58. The molecule has 2 unspecified atom stereocenters.